The third-order valence-electron chi connectivity index (χ3n) is 7.86. The number of fused-ring (bicyclic) bond motifs is 3. The average molecular weight is 512 g/mol. The Morgan fingerprint density at radius 2 is 1.86 bits per heavy atom. The normalized spacial score (nSPS) is 31.3. The summed E-state index contributed by atoms with van der Waals surface area (Å²) in [7, 11) is -3.53. The topological polar surface area (TPSA) is 138 Å². The molecular formula is C24H33N9O2S. The largest absolute Gasteiger partial charge is 0.367 e. The SMILES string of the molecule is Cc1cnc2cc(NC3CC(C)NN3)nc(NC3C[C@H]4CC[C@@H](C3)N4S(=O)(=O)N3CC(C#N)C3)c2c1. The lowest BCUT2D eigenvalue weighted by Crippen LogP contribution is -2.59. The first-order valence-corrected chi connectivity index (χ1v) is 14.2. The predicted molar refractivity (Wildman–Crippen MR) is 137 cm³/mol. The number of rotatable bonds is 6. The zero-order valence-electron chi connectivity index (χ0n) is 20.6. The molecular weight excluding hydrogens is 478 g/mol. The monoisotopic (exact) mass is 511 g/mol. The van der Waals surface area contributed by atoms with Gasteiger partial charge in [-0.15, -0.1) is 0 Å². The van der Waals surface area contributed by atoms with E-state index in [2.05, 4.69) is 45.5 Å². The minimum Gasteiger partial charge on any atom is -0.367 e. The van der Waals surface area contributed by atoms with Crippen LogP contribution in [0.2, 0.25) is 0 Å². The van der Waals surface area contributed by atoms with Crippen LogP contribution in [0.1, 0.15) is 44.6 Å². The van der Waals surface area contributed by atoms with E-state index in [-0.39, 0.29) is 30.2 Å². The summed E-state index contributed by atoms with van der Waals surface area (Å²) >= 11 is 0. The maximum Gasteiger partial charge on any atom is 0.282 e. The highest BCUT2D eigenvalue weighted by molar-refractivity contribution is 7.86. The van der Waals surface area contributed by atoms with E-state index in [4.69, 9.17) is 10.2 Å². The van der Waals surface area contributed by atoms with E-state index in [1.807, 2.05) is 19.2 Å². The van der Waals surface area contributed by atoms with Gasteiger partial charge in [0.2, 0.25) is 0 Å². The molecule has 0 amide bonds. The van der Waals surface area contributed by atoms with Gasteiger partial charge in [-0.05, 0) is 57.6 Å². The van der Waals surface area contributed by atoms with Gasteiger partial charge in [0.05, 0.1) is 23.7 Å². The fourth-order valence-electron chi connectivity index (χ4n) is 6.06. The highest BCUT2D eigenvalue weighted by Gasteiger charge is 2.51. The quantitative estimate of drug-likeness (QED) is 0.456. The summed E-state index contributed by atoms with van der Waals surface area (Å²) in [6.45, 7) is 4.77. The minimum atomic E-state index is -3.53. The van der Waals surface area contributed by atoms with Crippen LogP contribution in [0.3, 0.4) is 0 Å². The Bertz CT molecular complexity index is 1290. The summed E-state index contributed by atoms with van der Waals surface area (Å²) in [6.07, 6.45) is 6.08. The molecule has 4 aliphatic heterocycles. The molecule has 12 heteroatoms. The van der Waals surface area contributed by atoms with Crippen LogP contribution in [-0.2, 0) is 10.2 Å². The molecule has 6 rings (SSSR count). The van der Waals surface area contributed by atoms with Crippen molar-refractivity contribution in [2.45, 2.75) is 76.3 Å². The van der Waals surface area contributed by atoms with Crippen molar-refractivity contribution in [1.82, 2.24) is 29.4 Å². The van der Waals surface area contributed by atoms with Crippen LogP contribution in [0, 0.1) is 24.2 Å². The van der Waals surface area contributed by atoms with E-state index in [0.29, 0.717) is 19.1 Å². The number of hydrogen-bond donors (Lipinski definition) is 4. The van der Waals surface area contributed by atoms with Crippen molar-refractivity contribution in [3.8, 4) is 6.07 Å². The number of piperidine rings is 1. The number of anilines is 2. The molecule has 0 radical (unpaired) electrons. The molecule has 0 saturated carbocycles. The van der Waals surface area contributed by atoms with Gasteiger partial charge in [0.1, 0.15) is 11.6 Å². The number of pyridine rings is 2. The first-order chi connectivity index (χ1) is 17.3. The average Bonchev–Trinajstić information content (AvgIpc) is 3.33. The molecule has 6 heterocycles. The van der Waals surface area contributed by atoms with E-state index in [1.54, 1.807) is 4.31 Å². The number of hydrazine groups is 1. The number of nitrogens with one attached hydrogen (secondary N) is 4. The highest BCUT2D eigenvalue weighted by atomic mass is 32.2. The first-order valence-electron chi connectivity index (χ1n) is 12.8. The van der Waals surface area contributed by atoms with Gasteiger partial charge in [-0.25, -0.2) is 10.4 Å². The number of nitrogens with zero attached hydrogens (tertiary/aromatic N) is 5. The molecule has 4 N–H and O–H groups in total. The summed E-state index contributed by atoms with van der Waals surface area (Å²) in [5.41, 5.74) is 8.41. The number of nitriles is 1. The predicted octanol–water partition coefficient (Wildman–Crippen LogP) is 1.67. The summed E-state index contributed by atoms with van der Waals surface area (Å²) in [5.74, 6) is 1.35. The van der Waals surface area contributed by atoms with Crippen molar-refractivity contribution in [1.29, 1.82) is 5.26 Å². The van der Waals surface area contributed by atoms with Crippen LogP contribution < -0.4 is 21.5 Å². The molecule has 11 nitrogen and oxygen atoms in total. The van der Waals surface area contributed by atoms with Gasteiger partial charge < -0.3 is 10.6 Å². The fraction of sp³-hybridized carbons (Fsp3) is 0.625. The van der Waals surface area contributed by atoms with Crippen molar-refractivity contribution in [2.75, 3.05) is 23.7 Å². The lowest BCUT2D eigenvalue weighted by atomic mass is 9.99. The molecule has 4 aliphatic rings. The Morgan fingerprint density at radius 3 is 2.53 bits per heavy atom. The van der Waals surface area contributed by atoms with Crippen LogP contribution >= 0.6 is 0 Å². The minimum absolute atomic E-state index is 0.0323. The van der Waals surface area contributed by atoms with Crippen molar-refractivity contribution in [2.24, 2.45) is 5.92 Å². The Hall–Kier alpha value is -2.56. The van der Waals surface area contributed by atoms with Crippen molar-refractivity contribution in [3.05, 3.63) is 23.9 Å². The molecule has 0 aromatic carbocycles. The van der Waals surface area contributed by atoms with Crippen molar-refractivity contribution < 1.29 is 8.42 Å². The zero-order chi connectivity index (χ0) is 25.0. The van der Waals surface area contributed by atoms with Gasteiger partial charge in [-0.3, -0.25) is 10.4 Å². The third kappa shape index (κ3) is 4.29. The van der Waals surface area contributed by atoms with Crippen LogP contribution in [-0.4, -0.2) is 70.4 Å². The van der Waals surface area contributed by atoms with Gasteiger partial charge >= 0.3 is 0 Å². The lowest BCUT2D eigenvalue weighted by Gasteiger charge is -2.44. The molecule has 3 unspecified atom stereocenters. The molecule has 2 aromatic rings. The van der Waals surface area contributed by atoms with E-state index < -0.39 is 10.2 Å². The molecule has 4 fully saturated rings. The van der Waals surface area contributed by atoms with Gasteiger partial charge in [-0.2, -0.15) is 22.3 Å². The van der Waals surface area contributed by atoms with Crippen LogP contribution in [0.15, 0.2) is 18.3 Å². The maximum atomic E-state index is 13.3. The number of hydrogen-bond acceptors (Lipinski definition) is 9. The van der Waals surface area contributed by atoms with Gasteiger partial charge in [-0.1, -0.05) is 0 Å². The standard InChI is InChI=1S/C24H33N9O2S/c1-14-5-20-21(26-11-14)9-22(28-23-6-15(2)30-31-23)29-24(20)27-17-7-18-3-4-19(8-17)33(18)36(34,35)32-12-16(10-25)13-32/h5,9,11,15-19,23,30-31H,3-4,6-8,12-13H2,1-2H3,(H2,27,28,29)/t15?,17?,18-,19+,23?. The Balaban J connectivity index is 1.22. The highest BCUT2D eigenvalue weighted by Crippen LogP contribution is 2.41. The van der Waals surface area contributed by atoms with E-state index in [9.17, 15) is 8.42 Å². The van der Waals surface area contributed by atoms with Crippen LogP contribution in [0.4, 0.5) is 11.6 Å². The second-order valence-electron chi connectivity index (χ2n) is 10.7. The maximum absolute atomic E-state index is 13.3. The molecule has 0 aliphatic carbocycles. The number of aryl methyl sites for hydroxylation is 1. The van der Waals surface area contributed by atoms with Crippen molar-refractivity contribution >= 4 is 32.7 Å². The Morgan fingerprint density at radius 1 is 1.11 bits per heavy atom. The fourth-order valence-corrected chi connectivity index (χ4v) is 8.20. The molecule has 2 aromatic heterocycles. The Labute approximate surface area is 211 Å². The molecule has 192 valence electrons. The molecule has 2 bridgehead atoms. The third-order valence-corrected chi connectivity index (χ3v) is 9.94. The molecule has 5 atom stereocenters. The molecule has 0 spiro atoms. The van der Waals surface area contributed by atoms with E-state index >= 15 is 0 Å². The van der Waals surface area contributed by atoms with Gasteiger partial charge in [0.25, 0.3) is 10.2 Å². The summed E-state index contributed by atoms with van der Waals surface area (Å²) < 4.78 is 29.8. The van der Waals surface area contributed by atoms with E-state index in [1.165, 1.54) is 4.31 Å². The summed E-state index contributed by atoms with van der Waals surface area (Å²) in [5, 5.41) is 17.2. The van der Waals surface area contributed by atoms with Crippen LogP contribution in [0.5, 0.6) is 0 Å². The van der Waals surface area contributed by atoms with Crippen molar-refractivity contribution in [3.63, 3.8) is 0 Å². The van der Waals surface area contributed by atoms with Gasteiger partial charge in [0, 0.05) is 54.9 Å². The first kappa shape index (κ1) is 23.8. The molecule has 36 heavy (non-hydrogen) atoms. The second-order valence-corrected chi connectivity index (χ2v) is 12.6. The number of aromatic nitrogens is 2. The molecule has 4 saturated heterocycles. The lowest BCUT2D eigenvalue weighted by molar-refractivity contribution is 0.182. The second kappa shape index (κ2) is 9.08. The van der Waals surface area contributed by atoms with E-state index in [0.717, 1.165) is 60.2 Å². The van der Waals surface area contributed by atoms with Gasteiger partial charge in [0.15, 0.2) is 0 Å². The summed E-state index contributed by atoms with van der Waals surface area (Å²) in [6, 6.07) is 6.68. The summed E-state index contributed by atoms with van der Waals surface area (Å²) in [4.78, 5) is 9.58. The zero-order valence-corrected chi connectivity index (χ0v) is 21.4. The Kier molecular flexibility index (Phi) is 6.00. The van der Waals surface area contributed by atoms with Crippen LogP contribution in [0.25, 0.3) is 10.9 Å². The smallest absolute Gasteiger partial charge is 0.282 e.